The Morgan fingerprint density at radius 3 is 2.68 bits per heavy atom. The predicted molar refractivity (Wildman–Crippen MR) is 71.4 cm³/mol. The molecule has 0 saturated carbocycles. The molecule has 0 saturated heterocycles. The molecule has 2 aromatic rings. The summed E-state index contributed by atoms with van der Waals surface area (Å²) in [7, 11) is 0. The van der Waals surface area contributed by atoms with E-state index in [0.717, 1.165) is 10.7 Å². The van der Waals surface area contributed by atoms with E-state index in [1.165, 1.54) is 11.8 Å². The Bertz CT molecular complexity index is 553. The number of thioether (sulfide) groups is 1. The number of benzene rings is 1. The van der Waals surface area contributed by atoms with Crippen LogP contribution in [0.5, 0.6) is 0 Å². The summed E-state index contributed by atoms with van der Waals surface area (Å²) in [5.74, 6) is 0.287. The van der Waals surface area contributed by atoms with Crippen LogP contribution >= 0.6 is 11.8 Å². The van der Waals surface area contributed by atoms with E-state index in [-0.39, 0.29) is 0 Å². The number of carbonyl (C=O) groups is 1. The molecule has 1 heterocycles. The smallest absolute Gasteiger partial charge is 0.248 e. The average molecular weight is 278 g/mol. The monoisotopic (exact) mass is 278 g/mol. The number of aromatic nitrogens is 4. The van der Waals surface area contributed by atoms with Crippen LogP contribution in [-0.2, 0) is 12.3 Å². The largest absolute Gasteiger partial charge is 0.366 e. The first-order valence-corrected chi connectivity index (χ1v) is 6.67. The molecule has 0 spiro atoms. The molecule has 0 fully saturated rings. The summed E-state index contributed by atoms with van der Waals surface area (Å²) in [5.41, 5.74) is 12.2. The van der Waals surface area contributed by atoms with Gasteiger partial charge in [-0.15, -0.1) is 5.10 Å². The number of hydrogen-bond donors (Lipinski definition) is 2. The standard InChI is InChI=1S/C11H14N6OS/c12-5-6-17-11(14-15-16-17)19-7-8-1-3-9(4-2-8)10(13)18/h1-4H,5-7,12H2,(H2,13,18). The zero-order chi connectivity index (χ0) is 13.7. The molecule has 1 amide bonds. The number of carbonyl (C=O) groups excluding carboxylic acids is 1. The Morgan fingerprint density at radius 2 is 2.05 bits per heavy atom. The van der Waals surface area contributed by atoms with Crippen LogP contribution in [0, 0.1) is 0 Å². The van der Waals surface area contributed by atoms with Crippen LogP contribution in [0.25, 0.3) is 0 Å². The van der Waals surface area contributed by atoms with Crippen LogP contribution in [0.3, 0.4) is 0 Å². The first-order valence-electron chi connectivity index (χ1n) is 5.68. The van der Waals surface area contributed by atoms with Crippen LogP contribution in [0.2, 0.25) is 0 Å². The fraction of sp³-hybridized carbons (Fsp3) is 0.273. The lowest BCUT2D eigenvalue weighted by Crippen LogP contribution is -2.12. The minimum Gasteiger partial charge on any atom is -0.366 e. The molecule has 0 unspecified atom stereocenters. The number of tetrazole rings is 1. The normalized spacial score (nSPS) is 10.6. The molecular formula is C11H14N6OS. The van der Waals surface area contributed by atoms with Gasteiger partial charge in [0.25, 0.3) is 0 Å². The molecule has 1 aromatic carbocycles. The van der Waals surface area contributed by atoms with Gasteiger partial charge < -0.3 is 11.5 Å². The highest BCUT2D eigenvalue weighted by atomic mass is 32.2. The number of hydrogen-bond acceptors (Lipinski definition) is 6. The second-order valence-corrected chi connectivity index (χ2v) is 4.77. The van der Waals surface area contributed by atoms with E-state index in [4.69, 9.17) is 11.5 Å². The highest BCUT2D eigenvalue weighted by Gasteiger charge is 2.06. The van der Waals surface area contributed by atoms with Crippen molar-refractivity contribution in [3.8, 4) is 0 Å². The zero-order valence-corrected chi connectivity index (χ0v) is 11.0. The lowest BCUT2D eigenvalue weighted by molar-refractivity contribution is 0.100. The third kappa shape index (κ3) is 3.52. The minimum absolute atomic E-state index is 0.425. The maximum Gasteiger partial charge on any atom is 0.248 e. The van der Waals surface area contributed by atoms with Crippen molar-refractivity contribution >= 4 is 17.7 Å². The fourth-order valence-electron chi connectivity index (χ4n) is 1.48. The molecule has 4 N–H and O–H groups in total. The van der Waals surface area contributed by atoms with Crippen molar-refractivity contribution in [2.45, 2.75) is 17.5 Å². The van der Waals surface area contributed by atoms with Crippen molar-refractivity contribution in [1.29, 1.82) is 0 Å². The van der Waals surface area contributed by atoms with Gasteiger partial charge in [-0.25, -0.2) is 4.68 Å². The van der Waals surface area contributed by atoms with Gasteiger partial charge in [0.05, 0.1) is 6.54 Å². The first-order chi connectivity index (χ1) is 9.20. The summed E-state index contributed by atoms with van der Waals surface area (Å²) < 4.78 is 1.67. The van der Waals surface area contributed by atoms with Crippen LogP contribution in [-0.4, -0.2) is 32.7 Å². The van der Waals surface area contributed by atoms with E-state index in [0.29, 0.717) is 24.4 Å². The number of nitrogens with zero attached hydrogens (tertiary/aromatic N) is 4. The molecule has 1 aromatic heterocycles. The van der Waals surface area contributed by atoms with Gasteiger partial charge in [-0.3, -0.25) is 4.79 Å². The van der Waals surface area contributed by atoms with Gasteiger partial charge in [-0.2, -0.15) is 0 Å². The molecule has 19 heavy (non-hydrogen) atoms. The van der Waals surface area contributed by atoms with E-state index in [9.17, 15) is 4.79 Å². The van der Waals surface area contributed by atoms with Gasteiger partial charge in [-0.05, 0) is 28.1 Å². The van der Waals surface area contributed by atoms with E-state index < -0.39 is 5.91 Å². The van der Waals surface area contributed by atoms with Crippen LogP contribution < -0.4 is 11.5 Å². The summed E-state index contributed by atoms with van der Waals surface area (Å²) in [6, 6.07) is 7.15. The Balaban J connectivity index is 1.98. The van der Waals surface area contributed by atoms with Crippen LogP contribution in [0.4, 0.5) is 0 Å². The zero-order valence-electron chi connectivity index (χ0n) is 10.2. The lowest BCUT2D eigenvalue weighted by Gasteiger charge is -2.03. The van der Waals surface area contributed by atoms with Crippen molar-refractivity contribution < 1.29 is 4.79 Å². The molecule has 8 heteroatoms. The van der Waals surface area contributed by atoms with Gasteiger partial charge in [0.1, 0.15) is 0 Å². The topological polar surface area (TPSA) is 113 Å². The van der Waals surface area contributed by atoms with Crippen molar-refractivity contribution in [1.82, 2.24) is 20.2 Å². The molecule has 0 atom stereocenters. The van der Waals surface area contributed by atoms with Crippen molar-refractivity contribution in [3.63, 3.8) is 0 Å². The van der Waals surface area contributed by atoms with Crippen LogP contribution in [0.1, 0.15) is 15.9 Å². The third-order valence-corrected chi connectivity index (χ3v) is 3.47. The predicted octanol–water partition coefficient (Wildman–Crippen LogP) is 0.0230. The summed E-state index contributed by atoms with van der Waals surface area (Å²) in [6.45, 7) is 1.09. The number of nitrogens with two attached hydrogens (primary N) is 2. The minimum atomic E-state index is -0.425. The van der Waals surface area contributed by atoms with E-state index in [1.54, 1.807) is 16.8 Å². The highest BCUT2D eigenvalue weighted by Crippen LogP contribution is 2.19. The van der Waals surface area contributed by atoms with Crippen molar-refractivity contribution in [3.05, 3.63) is 35.4 Å². The van der Waals surface area contributed by atoms with Gasteiger partial charge in [0.2, 0.25) is 11.1 Å². The quantitative estimate of drug-likeness (QED) is 0.720. The number of primary amides is 1. The van der Waals surface area contributed by atoms with Gasteiger partial charge in [0, 0.05) is 17.9 Å². The summed E-state index contributed by atoms with van der Waals surface area (Å²) in [5, 5.41) is 12.1. The van der Waals surface area contributed by atoms with Gasteiger partial charge in [0.15, 0.2) is 0 Å². The van der Waals surface area contributed by atoms with E-state index >= 15 is 0 Å². The maximum atomic E-state index is 10.9. The maximum absolute atomic E-state index is 10.9. The summed E-state index contributed by atoms with van der Waals surface area (Å²) in [6.07, 6.45) is 0. The first kappa shape index (κ1) is 13.5. The van der Waals surface area contributed by atoms with E-state index in [2.05, 4.69) is 15.5 Å². The molecule has 0 aliphatic carbocycles. The number of amides is 1. The molecule has 2 rings (SSSR count). The average Bonchev–Trinajstić information content (AvgIpc) is 2.85. The molecular weight excluding hydrogens is 264 g/mol. The summed E-state index contributed by atoms with van der Waals surface area (Å²) in [4.78, 5) is 10.9. The fourth-order valence-corrected chi connectivity index (χ4v) is 2.33. The highest BCUT2D eigenvalue weighted by molar-refractivity contribution is 7.98. The lowest BCUT2D eigenvalue weighted by atomic mass is 10.1. The number of rotatable bonds is 6. The Hall–Kier alpha value is -1.93. The molecule has 0 radical (unpaired) electrons. The SMILES string of the molecule is NCCn1nnnc1SCc1ccc(C(N)=O)cc1. The third-order valence-electron chi connectivity index (χ3n) is 2.45. The van der Waals surface area contributed by atoms with Crippen molar-refractivity contribution in [2.75, 3.05) is 6.54 Å². The molecule has 0 aliphatic rings. The Labute approximate surface area is 114 Å². The Morgan fingerprint density at radius 1 is 1.32 bits per heavy atom. The second-order valence-electron chi connectivity index (χ2n) is 3.82. The van der Waals surface area contributed by atoms with Gasteiger partial charge >= 0.3 is 0 Å². The van der Waals surface area contributed by atoms with Crippen LogP contribution in [0.15, 0.2) is 29.4 Å². The second kappa shape index (κ2) is 6.30. The molecule has 0 bridgehead atoms. The van der Waals surface area contributed by atoms with Crippen molar-refractivity contribution in [2.24, 2.45) is 11.5 Å². The van der Waals surface area contributed by atoms with E-state index in [1.807, 2.05) is 12.1 Å². The van der Waals surface area contributed by atoms with Gasteiger partial charge in [-0.1, -0.05) is 23.9 Å². The Kier molecular flexibility index (Phi) is 4.48. The molecule has 100 valence electrons. The molecule has 0 aliphatic heterocycles. The summed E-state index contributed by atoms with van der Waals surface area (Å²) >= 11 is 1.52. The molecule has 7 nitrogen and oxygen atoms in total.